The molecule has 0 aliphatic carbocycles. The van der Waals surface area contributed by atoms with Gasteiger partial charge in [-0.15, -0.1) is 0 Å². The zero-order chi connectivity index (χ0) is 10.4. The minimum atomic E-state index is 0.139. The molecular weight excluding hydrogens is 160 g/mol. The molecule has 0 aromatic heterocycles. The van der Waals surface area contributed by atoms with Crippen molar-refractivity contribution in [3.8, 4) is 6.07 Å². The Kier molecular flexibility index (Phi) is 5.73. The third-order valence-electron chi connectivity index (χ3n) is 2.35. The fourth-order valence-electron chi connectivity index (χ4n) is 1.51. The Balaban J connectivity index is 3.83. The molecule has 0 spiro atoms. The van der Waals surface area contributed by atoms with E-state index in [1.807, 2.05) is 6.92 Å². The van der Waals surface area contributed by atoms with Gasteiger partial charge in [-0.3, -0.25) is 0 Å². The first-order chi connectivity index (χ1) is 5.97. The maximum atomic E-state index is 8.67. The number of rotatable bonds is 5. The molecule has 0 fully saturated rings. The highest BCUT2D eigenvalue weighted by Crippen LogP contribution is 2.10. The van der Waals surface area contributed by atoms with Crippen molar-refractivity contribution in [3.05, 3.63) is 0 Å². The van der Waals surface area contributed by atoms with Crippen molar-refractivity contribution in [2.24, 2.45) is 11.8 Å². The SMILES string of the molecule is CC(C)CC(C)N(C)CC(C)C#N. The first kappa shape index (κ1) is 12.4. The summed E-state index contributed by atoms with van der Waals surface area (Å²) >= 11 is 0. The van der Waals surface area contributed by atoms with Crippen LogP contribution in [-0.2, 0) is 0 Å². The van der Waals surface area contributed by atoms with Gasteiger partial charge in [-0.2, -0.15) is 5.26 Å². The van der Waals surface area contributed by atoms with E-state index in [0.717, 1.165) is 12.5 Å². The third kappa shape index (κ3) is 5.65. The van der Waals surface area contributed by atoms with Crippen LogP contribution in [0.4, 0.5) is 0 Å². The number of nitriles is 1. The number of hydrogen-bond acceptors (Lipinski definition) is 2. The summed E-state index contributed by atoms with van der Waals surface area (Å²) in [4.78, 5) is 2.27. The highest BCUT2D eigenvalue weighted by atomic mass is 15.1. The van der Waals surface area contributed by atoms with E-state index < -0.39 is 0 Å². The summed E-state index contributed by atoms with van der Waals surface area (Å²) in [6, 6.07) is 2.84. The van der Waals surface area contributed by atoms with Gasteiger partial charge < -0.3 is 4.90 Å². The third-order valence-corrected chi connectivity index (χ3v) is 2.35. The lowest BCUT2D eigenvalue weighted by Gasteiger charge is -2.26. The van der Waals surface area contributed by atoms with Crippen molar-refractivity contribution < 1.29 is 0 Å². The quantitative estimate of drug-likeness (QED) is 0.653. The second kappa shape index (κ2) is 5.99. The van der Waals surface area contributed by atoms with Gasteiger partial charge >= 0.3 is 0 Å². The molecule has 0 bridgehead atoms. The summed E-state index contributed by atoms with van der Waals surface area (Å²) < 4.78 is 0. The van der Waals surface area contributed by atoms with Gasteiger partial charge in [0.05, 0.1) is 12.0 Å². The average Bonchev–Trinajstić information content (AvgIpc) is 2.02. The minimum absolute atomic E-state index is 0.139. The van der Waals surface area contributed by atoms with E-state index in [-0.39, 0.29) is 5.92 Å². The molecule has 0 radical (unpaired) electrons. The molecule has 0 aliphatic heterocycles. The van der Waals surface area contributed by atoms with Crippen LogP contribution in [0.5, 0.6) is 0 Å². The zero-order valence-corrected chi connectivity index (χ0v) is 9.54. The van der Waals surface area contributed by atoms with Crippen LogP contribution >= 0.6 is 0 Å². The van der Waals surface area contributed by atoms with Gasteiger partial charge in [0.2, 0.25) is 0 Å². The van der Waals surface area contributed by atoms with E-state index >= 15 is 0 Å². The lowest BCUT2D eigenvalue weighted by Crippen LogP contribution is -2.33. The first-order valence-electron chi connectivity index (χ1n) is 5.07. The van der Waals surface area contributed by atoms with Crippen molar-refractivity contribution in [2.75, 3.05) is 13.6 Å². The van der Waals surface area contributed by atoms with Gasteiger partial charge in [-0.1, -0.05) is 13.8 Å². The smallest absolute Gasteiger partial charge is 0.0666 e. The monoisotopic (exact) mass is 182 g/mol. The molecule has 2 heteroatoms. The fourth-order valence-corrected chi connectivity index (χ4v) is 1.51. The van der Waals surface area contributed by atoms with Crippen molar-refractivity contribution >= 4 is 0 Å². The number of nitrogens with zero attached hydrogens (tertiary/aromatic N) is 2. The second-order valence-electron chi connectivity index (χ2n) is 4.45. The normalized spacial score (nSPS) is 15.8. The molecule has 0 saturated heterocycles. The number of hydrogen-bond donors (Lipinski definition) is 0. The predicted octanol–water partition coefficient (Wildman–Crippen LogP) is 2.51. The molecule has 76 valence electrons. The molecule has 2 nitrogen and oxygen atoms in total. The summed E-state index contributed by atoms with van der Waals surface area (Å²) in [6.45, 7) is 9.54. The highest BCUT2D eigenvalue weighted by Gasteiger charge is 2.13. The van der Waals surface area contributed by atoms with Crippen LogP contribution < -0.4 is 0 Å². The molecule has 0 N–H and O–H groups in total. The summed E-state index contributed by atoms with van der Waals surface area (Å²) in [7, 11) is 2.10. The van der Waals surface area contributed by atoms with Crippen molar-refractivity contribution in [3.63, 3.8) is 0 Å². The molecule has 2 unspecified atom stereocenters. The Morgan fingerprint density at radius 2 is 1.77 bits per heavy atom. The average molecular weight is 182 g/mol. The van der Waals surface area contributed by atoms with Gasteiger partial charge in [0.15, 0.2) is 0 Å². The van der Waals surface area contributed by atoms with Crippen molar-refractivity contribution in [2.45, 2.75) is 40.2 Å². The van der Waals surface area contributed by atoms with E-state index in [1.165, 1.54) is 6.42 Å². The summed E-state index contributed by atoms with van der Waals surface area (Å²) in [5.74, 6) is 0.870. The first-order valence-corrected chi connectivity index (χ1v) is 5.07. The van der Waals surface area contributed by atoms with E-state index in [2.05, 4.69) is 38.8 Å². The molecule has 0 heterocycles. The largest absolute Gasteiger partial charge is 0.302 e. The van der Waals surface area contributed by atoms with E-state index in [0.29, 0.717) is 6.04 Å². The van der Waals surface area contributed by atoms with Crippen LogP contribution in [0.15, 0.2) is 0 Å². The molecule has 0 amide bonds. The van der Waals surface area contributed by atoms with Gasteiger partial charge in [0.25, 0.3) is 0 Å². The van der Waals surface area contributed by atoms with E-state index in [9.17, 15) is 0 Å². The maximum absolute atomic E-state index is 8.67. The van der Waals surface area contributed by atoms with E-state index in [4.69, 9.17) is 5.26 Å². The lowest BCUT2D eigenvalue weighted by atomic mass is 10.0. The molecular formula is C11H22N2. The summed E-state index contributed by atoms with van der Waals surface area (Å²) in [5, 5.41) is 8.67. The molecule has 0 aromatic carbocycles. The van der Waals surface area contributed by atoms with Crippen LogP contribution in [0.25, 0.3) is 0 Å². The highest BCUT2D eigenvalue weighted by molar-refractivity contribution is 4.82. The van der Waals surface area contributed by atoms with Crippen molar-refractivity contribution in [1.29, 1.82) is 5.26 Å². The zero-order valence-electron chi connectivity index (χ0n) is 9.54. The molecule has 0 aliphatic rings. The molecule has 13 heavy (non-hydrogen) atoms. The van der Waals surface area contributed by atoms with Gasteiger partial charge in [-0.25, -0.2) is 0 Å². The minimum Gasteiger partial charge on any atom is -0.302 e. The molecule has 2 atom stereocenters. The molecule has 0 saturated carbocycles. The molecule has 0 rings (SSSR count). The Morgan fingerprint density at radius 3 is 2.15 bits per heavy atom. The van der Waals surface area contributed by atoms with Crippen LogP contribution in [0, 0.1) is 23.2 Å². The fraction of sp³-hybridized carbons (Fsp3) is 0.909. The Hall–Kier alpha value is -0.550. The van der Waals surface area contributed by atoms with Crippen LogP contribution in [-0.4, -0.2) is 24.5 Å². The summed E-state index contributed by atoms with van der Waals surface area (Å²) in [6.07, 6.45) is 1.20. The topological polar surface area (TPSA) is 27.0 Å². The lowest BCUT2D eigenvalue weighted by molar-refractivity contribution is 0.214. The Bertz CT molecular complexity index is 169. The van der Waals surface area contributed by atoms with E-state index in [1.54, 1.807) is 0 Å². The van der Waals surface area contributed by atoms with Gasteiger partial charge in [0, 0.05) is 12.6 Å². The Morgan fingerprint density at radius 1 is 1.23 bits per heavy atom. The standard InChI is InChI=1S/C11H22N2/c1-9(2)6-11(4)13(5)8-10(3)7-12/h9-11H,6,8H2,1-5H3. The second-order valence-corrected chi connectivity index (χ2v) is 4.45. The molecule has 0 aromatic rings. The maximum Gasteiger partial charge on any atom is 0.0666 e. The predicted molar refractivity (Wildman–Crippen MR) is 56.3 cm³/mol. The van der Waals surface area contributed by atoms with Crippen molar-refractivity contribution in [1.82, 2.24) is 4.90 Å². The van der Waals surface area contributed by atoms with Gasteiger partial charge in [0.1, 0.15) is 0 Å². The summed E-state index contributed by atoms with van der Waals surface area (Å²) in [5.41, 5.74) is 0. The van der Waals surface area contributed by atoms with Gasteiger partial charge in [-0.05, 0) is 33.2 Å². The van der Waals surface area contributed by atoms with Crippen LogP contribution in [0.3, 0.4) is 0 Å². The van der Waals surface area contributed by atoms with Crippen LogP contribution in [0.1, 0.15) is 34.1 Å². The van der Waals surface area contributed by atoms with Crippen LogP contribution in [0.2, 0.25) is 0 Å². The Labute approximate surface area is 82.5 Å².